The van der Waals surface area contributed by atoms with Gasteiger partial charge in [0.1, 0.15) is 12.2 Å². The molecule has 0 aliphatic carbocycles. The van der Waals surface area contributed by atoms with Crippen molar-refractivity contribution in [2.24, 2.45) is 22.7 Å². The molecule has 4 unspecified atom stereocenters. The summed E-state index contributed by atoms with van der Waals surface area (Å²) in [6.45, 7) is 37.6. The molecule has 0 radical (unpaired) electrons. The average molecular weight is 899 g/mol. The van der Waals surface area contributed by atoms with Crippen LogP contribution in [0.15, 0.2) is 0 Å². The molecule has 4 heterocycles. The summed E-state index contributed by atoms with van der Waals surface area (Å²) < 4.78 is 70.3. The molecule has 4 aliphatic heterocycles. The maximum absolute atomic E-state index is 12.5. The summed E-state index contributed by atoms with van der Waals surface area (Å²) in [4.78, 5) is 24.8. The second-order valence-electron chi connectivity index (χ2n) is 22.7. The molecule has 0 aromatic rings. The standard InChI is InChI=1S/C50H90O13/c1-35(2)56-28-44(10)30-61-48(14,26-50(44,16)63-40(8)38(6)52)33-53-21-41-17-19-45(11,58-23-41)31-55-27-43(9)29-60-47(13,25-49(43,15)62-39(7)37(5)51)32-54-22-42-18-20-46(12,59-24-42)34-57-36(3)4/h35-36,39-42H,17-34H2,1-16H3/t39?,40?,41-,42-,43-,44-,45-,46-,47-,48-,49?,50?/m0/s1. The van der Waals surface area contributed by atoms with Gasteiger partial charge in [-0.3, -0.25) is 9.59 Å². The van der Waals surface area contributed by atoms with Gasteiger partial charge >= 0.3 is 0 Å². The van der Waals surface area contributed by atoms with Crippen LogP contribution in [0.4, 0.5) is 0 Å². The molecule has 0 aromatic heterocycles. The first-order valence-electron chi connectivity index (χ1n) is 24.0. The third-order valence-corrected chi connectivity index (χ3v) is 14.8. The summed E-state index contributed by atoms with van der Waals surface area (Å²) in [7, 11) is 0. The SMILES string of the molecule is CC(=O)C(C)OC1(C)C[C@@](C)(COC[C@@H]2CC[C@@](C)(COC(C)C)OC2)OC[C@]1(C)COC[C@]1(C)CC[C@@H](COC[C@]2(C)CC(C)(OC(C)C(C)=O)[C@@](C)(COC(C)C)CO2)CO1. The van der Waals surface area contributed by atoms with Crippen LogP contribution in [0.1, 0.15) is 149 Å². The highest BCUT2D eigenvalue weighted by atomic mass is 16.6. The molecular formula is C50H90O13. The van der Waals surface area contributed by atoms with Crippen molar-refractivity contribution < 1.29 is 61.7 Å². The summed E-state index contributed by atoms with van der Waals surface area (Å²) in [6, 6.07) is 0. The lowest BCUT2D eigenvalue weighted by Crippen LogP contribution is -2.63. The number of Topliss-reactive ketones (excluding diaryl/α,β-unsaturated/α-hetero) is 2. The van der Waals surface area contributed by atoms with Crippen LogP contribution < -0.4 is 0 Å². The maximum atomic E-state index is 12.5. The van der Waals surface area contributed by atoms with Gasteiger partial charge in [0.25, 0.3) is 0 Å². The van der Waals surface area contributed by atoms with E-state index in [2.05, 4.69) is 55.4 Å². The molecule has 0 aromatic carbocycles. The molecule has 4 saturated heterocycles. The number of ketones is 2. The first-order valence-corrected chi connectivity index (χ1v) is 24.0. The van der Waals surface area contributed by atoms with Gasteiger partial charge in [0.2, 0.25) is 0 Å². The fourth-order valence-corrected chi connectivity index (χ4v) is 9.34. The van der Waals surface area contributed by atoms with E-state index < -0.39 is 51.0 Å². The lowest BCUT2D eigenvalue weighted by Gasteiger charge is -2.55. The molecule has 368 valence electrons. The summed E-state index contributed by atoms with van der Waals surface area (Å²) >= 11 is 0. The molecule has 0 amide bonds. The van der Waals surface area contributed by atoms with Crippen LogP contribution in [0.5, 0.6) is 0 Å². The number of ether oxygens (including phenoxy) is 11. The highest BCUT2D eigenvalue weighted by molar-refractivity contribution is 5.80. The Morgan fingerprint density at radius 3 is 1.27 bits per heavy atom. The largest absolute Gasteiger partial charge is 0.378 e. The second-order valence-corrected chi connectivity index (χ2v) is 22.7. The molecule has 13 heteroatoms. The van der Waals surface area contributed by atoms with Crippen LogP contribution in [-0.4, -0.2) is 149 Å². The van der Waals surface area contributed by atoms with Gasteiger partial charge < -0.3 is 52.1 Å². The van der Waals surface area contributed by atoms with E-state index in [0.29, 0.717) is 98.0 Å². The first-order chi connectivity index (χ1) is 29.1. The van der Waals surface area contributed by atoms with E-state index in [1.54, 1.807) is 13.8 Å². The number of hydrogen-bond donors (Lipinski definition) is 0. The number of rotatable bonds is 24. The zero-order chi connectivity index (χ0) is 47.1. The van der Waals surface area contributed by atoms with Gasteiger partial charge in [-0.05, 0) is 123 Å². The molecule has 0 N–H and O–H groups in total. The number of carbonyl (C=O) groups excluding carboxylic acids is 2. The minimum Gasteiger partial charge on any atom is -0.378 e. The Morgan fingerprint density at radius 1 is 0.508 bits per heavy atom. The van der Waals surface area contributed by atoms with Gasteiger partial charge in [0.15, 0.2) is 11.6 Å². The Bertz CT molecular complexity index is 1460. The van der Waals surface area contributed by atoms with Crippen molar-refractivity contribution in [3.05, 3.63) is 0 Å². The molecule has 0 bridgehead atoms. The summed E-state index contributed by atoms with van der Waals surface area (Å²) in [5.41, 5.74) is -4.30. The van der Waals surface area contributed by atoms with Gasteiger partial charge in [-0.1, -0.05) is 13.8 Å². The van der Waals surface area contributed by atoms with Crippen LogP contribution in [0.25, 0.3) is 0 Å². The van der Waals surface area contributed by atoms with Crippen molar-refractivity contribution >= 4 is 11.6 Å². The molecule has 4 aliphatic rings. The van der Waals surface area contributed by atoms with E-state index in [4.69, 9.17) is 52.1 Å². The zero-order valence-electron chi connectivity index (χ0n) is 42.5. The maximum Gasteiger partial charge on any atom is 0.158 e. The van der Waals surface area contributed by atoms with Crippen molar-refractivity contribution in [3.63, 3.8) is 0 Å². The fourth-order valence-electron chi connectivity index (χ4n) is 9.34. The Labute approximate surface area is 381 Å². The van der Waals surface area contributed by atoms with E-state index in [1.165, 1.54) is 0 Å². The topological polar surface area (TPSA) is 136 Å². The lowest BCUT2D eigenvalue weighted by atomic mass is 9.67. The highest BCUT2D eigenvalue weighted by Gasteiger charge is 2.57. The molecular weight excluding hydrogens is 809 g/mol. The van der Waals surface area contributed by atoms with E-state index in [1.807, 2.05) is 41.5 Å². The third kappa shape index (κ3) is 14.9. The van der Waals surface area contributed by atoms with Crippen molar-refractivity contribution in [2.75, 3.05) is 79.3 Å². The van der Waals surface area contributed by atoms with Gasteiger partial charge in [-0.2, -0.15) is 0 Å². The molecule has 13 nitrogen and oxygen atoms in total. The minimum absolute atomic E-state index is 0.00534. The molecule has 4 fully saturated rings. The van der Waals surface area contributed by atoms with Crippen LogP contribution >= 0.6 is 0 Å². The third-order valence-electron chi connectivity index (χ3n) is 14.8. The van der Waals surface area contributed by atoms with Gasteiger partial charge in [-0.25, -0.2) is 0 Å². The summed E-state index contributed by atoms with van der Waals surface area (Å²) in [5, 5.41) is 0. The van der Waals surface area contributed by atoms with Crippen molar-refractivity contribution in [1.82, 2.24) is 0 Å². The smallest absolute Gasteiger partial charge is 0.158 e. The Hall–Kier alpha value is -1.10. The molecule has 0 spiro atoms. The van der Waals surface area contributed by atoms with Gasteiger partial charge in [-0.15, -0.1) is 0 Å². The highest BCUT2D eigenvalue weighted by Crippen LogP contribution is 2.49. The Morgan fingerprint density at radius 2 is 0.889 bits per heavy atom. The predicted octanol–water partition coefficient (Wildman–Crippen LogP) is 8.13. The van der Waals surface area contributed by atoms with Crippen LogP contribution in [0.3, 0.4) is 0 Å². The predicted molar refractivity (Wildman–Crippen MR) is 242 cm³/mol. The molecule has 0 saturated carbocycles. The van der Waals surface area contributed by atoms with E-state index >= 15 is 0 Å². The minimum atomic E-state index is -0.730. The second kappa shape index (κ2) is 21.9. The first kappa shape index (κ1) is 54.5. The van der Waals surface area contributed by atoms with Crippen molar-refractivity contribution in [3.8, 4) is 0 Å². The molecule has 4 rings (SSSR count). The van der Waals surface area contributed by atoms with Gasteiger partial charge in [0.05, 0.1) is 125 Å². The van der Waals surface area contributed by atoms with E-state index in [0.717, 1.165) is 25.7 Å². The molecule has 63 heavy (non-hydrogen) atoms. The summed E-state index contributed by atoms with van der Waals surface area (Å²) in [6.07, 6.45) is 3.94. The number of hydrogen-bond acceptors (Lipinski definition) is 13. The Balaban J connectivity index is 1.26. The van der Waals surface area contributed by atoms with Crippen LogP contribution in [0, 0.1) is 22.7 Å². The quantitative estimate of drug-likeness (QED) is 0.0924. The lowest BCUT2D eigenvalue weighted by molar-refractivity contribution is -0.273. The van der Waals surface area contributed by atoms with E-state index in [-0.39, 0.29) is 35.3 Å². The monoisotopic (exact) mass is 899 g/mol. The Kier molecular flexibility index (Phi) is 18.9. The van der Waals surface area contributed by atoms with Crippen molar-refractivity contribution in [1.29, 1.82) is 0 Å². The van der Waals surface area contributed by atoms with Crippen LogP contribution in [0.2, 0.25) is 0 Å². The normalized spacial score (nSPS) is 40.0. The summed E-state index contributed by atoms with van der Waals surface area (Å²) in [5.74, 6) is 0.521. The van der Waals surface area contributed by atoms with Crippen molar-refractivity contribution in [2.45, 2.75) is 207 Å². The fraction of sp³-hybridized carbons (Fsp3) is 0.960. The van der Waals surface area contributed by atoms with Crippen LogP contribution in [-0.2, 0) is 61.7 Å². The molecule has 12 atom stereocenters. The zero-order valence-corrected chi connectivity index (χ0v) is 42.5. The number of carbonyl (C=O) groups is 2. The van der Waals surface area contributed by atoms with Gasteiger partial charge in [0, 0.05) is 35.5 Å². The average Bonchev–Trinajstić information content (AvgIpc) is 3.18. The van der Waals surface area contributed by atoms with E-state index in [9.17, 15) is 9.59 Å².